The number of nitrogens with zero attached hydrogens (tertiary/aromatic N) is 2. The minimum Gasteiger partial charge on any atom is -0.393 e. The maximum Gasteiger partial charge on any atom is 0.321 e. The number of hydrogen-bond acceptors (Lipinski definition) is 4. The molecule has 0 saturated carbocycles. The lowest BCUT2D eigenvalue weighted by Gasteiger charge is -2.36. The zero-order chi connectivity index (χ0) is 21.0. The van der Waals surface area contributed by atoms with Crippen molar-refractivity contribution in [2.24, 2.45) is 0 Å². The molecule has 1 aliphatic heterocycles. The number of anilines is 1. The average molecular weight is 409 g/mol. The van der Waals surface area contributed by atoms with Crippen LogP contribution in [0.2, 0.25) is 0 Å². The predicted molar refractivity (Wildman–Crippen MR) is 100 cm³/mol. The number of hydrogen-bond donors (Lipinski definition) is 3. The zero-order valence-corrected chi connectivity index (χ0v) is 15.6. The smallest absolute Gasteiger partial charge is 0.321 e. The van der Waals surface area contributed by atoms with Gasteiger partial charge in [-0.3, -0.25) is 4.98 Å². The highest BCUT2D eigenvalue weighted by Crippen LogP contribution is 2.37. The van der Waals surface area contributed by atoms with Gasteiger partial charge in [0.15, 0.2) is 5.67 Å². The topological polar surface area (TPSA) is 85.7 Å². The molecule has 0 spiro atoms. The molecule has 3 rings (SSSR count). The van der Waals surface area contributed by atoms with Crippen molar-refractivity contribution >= 4 is 11.7 Å². The van der Waals surface area contributed by atoms with Crippen LogP contribution in [0.25, 0.3) is 0 Å². The summed E-state index contributed by atoms with van der Waals surface area (Å²) < 4.78 is 42.2. The van der Waals surface area contributed by atoms with Crippen LogP contribution in [0, 0.1) is 5.82 Å². The van der Waals surface area contributed by atoms with E-state index in [0.717, 1.165) is 12.3 Å². The summed E-state index contributed by atoms with van der Waals surface area (Å²) in [7, 11) is 0. The van der Waals surface area contributed by atoms with E-state index >= 15 is 4.39 Å². The van der Waals surface area contributed by atoms with Gasteiger partial charge in [0.2, 0.25) is 0 Å². The minimum absolute atomic E-state index is 0.0625. The molecule has 6 nitrogen and oxygen atoms in total. The van der Waals surface area contributed by atoms with Gasteiger partial charge in [-0.2, -0.15) is 0 Å². The van der Waals surface area contributed by atoms with Crippen LogP contribution in [-0.4, -0.2) is 45.8 Å². The normalized spacial score (nSPS) is 17.1. The summed E-state index contributed by atoms with van der Waals surface area (Å²) in [4.78, 5) is 17.6. The maximum absolute atomic E-state index is 15.3. The second kappa shape index (κ2) is 8.79. The van der Waals surface area contributed by atoms with Crippen LogP contribution in [0.1, 0.15) is 35.8 Å². The zero-order valence-electron chi connectivity index (χ0n) is 15.6. The number of amides is 2. The third kappa shape index (κ3) is 4.68. The molecule has 1 aromatic carbocycles. The number of aromatic nitrogens is 1. The largest absolute Gasteiger partial charge is 0.393 e. The third-order valence-electron chi connectivity index (χ3n) is 5.05. The summed E-state index contributed by atoms with van der Waals surface area (Å²) in [6.07, 6.45) is -0.410. The molecule has 2 amide bonds. The van der Waals surface area contributed by atoms with Gasteiger partial charge in [-0.25, -0.2) is 18.0 Å². The molecule has 1 fully saturated rings. The molecule has 3 N–H and O–H groups in total. The Morgan fingerprint density at radius 3 is 2.48 bits per heavy atom. The summed E-state index contributed by atoms with van der Waals surface area (Å²) in [5.41, 5.74) is -1.35. The van der Waals surface area contributed by atoms with Gasteiger partial charge < -0.3 is 20.4 Å². The first-order chi connectivity index (χ1) is 13.9. The number of urea groups is 1. The lowest BCUT2D eigenvalue weighted by atomic mass is 9.89. The van der Waals surface area contributed by atoms with E-state index in [1.165, 1.54) is 4.90 Å². The highest BCUT2D eigenvalue weighted by Gasteiger charge is 2.41. The number of pyridine rings is 1. The number of aliphatic hydroxyl groups is 2. The molecule has 2 aromatic rings. The average Bonchev–Trinajstić information content (AvgIpc) is 2.73. The van der Waals surface area contributed by atoms with Gasteiger partial charge in [-0.15, -0.1) is 0 Å². The fourth-order valence-electron chi connectivity index (χ4n) is 3.25. The van der Waals surface area contributed by atoms with Gasteiger partial charge in [0.25, 0.3) is 0 Å². The van der Waals surface area contributed by atoms with Gasteiger partial charge in [0.1, 0.15) is 24.3 Å². The predicted octanol–water partition coefficient (Wildman–Crippen LogP) is 3.21. The van der Waals surface area contributed by atoms with E-state index in [9.17, 15) is 18.7 Å². The molecule has 1 atom stereocenters. The van der Waals surface area contributed by atoms with E-state index in [1.807, 2.05) is 0 Å². The lowest BCUT2D eigenvalue weighted by molar-refractivity contribution is 0.0639. The fourth-order valence-corrected chi connectivity index (χ4v) is 3.25. The standard InChI is InChI=1S/C20H22F3N3O3/c21-10-13-1-3-15(4-2-13)25-19(29)26-7-5-20(23,6-8-26)18-16(22)9-14(11-24-18)17(28)12-27/h1-4,9,11,17,27-28H,5-8,10,12H2,(H,25,29)/t17-/m0/s1. The Labute approximate surface area is 166 Å². The summed E-state index contributed by atoms with van der Waals surface area (Å²) in [6, 6.07) is 6.82. The number of alkyl halides is 2. The quantitative estimate of drug-likeness (QED) is 0.708. The maximum atomic E-state index is 15.3. The van der Waals surface area contributed by atoms with Gasteiger partial charge >= 0.3 is 6.03 Å². The summed E-state index contributed by atoms with van der Waals surface area (Å²) in [5.74, 6) is -0.900. The molecule has 9 heteroatoms. The Bertz CT molecular complexity index is 856. The SMILES string of the molecule is O=C(Nc1ccc(CF)cc1)N1CCC(F)(c2ncc([C@@H](O)CO)cc2F)CC1. The molecule has 0 aliphatic carbocycles. The lowest BCUT2D eigenvalue weighted by Crippen LogP contribution is -2.45. The summed E-state index contributed by atoms with van der Waals surface area (Å²) >= 11 is 0. The number of carbonyl (C=O) groups is 1. The van der Waals surface area contributed by atoms with Crippen molar-refractivity contribution in [1.29, 1.82) is 0 Å². The molecule has 1 aliphatic rings. The van der Waals surface area contributed by atoms with Crippen molar-refractivity contribution in [3.63, 3.8) is 0 Å². The van der Waals surface area contributed by atoms with E-state index in [2.05, 4.69) is 10.3 Å². The van der Waals surface area contributed by atoms with Crippen LogP contribution in [0.4, 0.5) is 23.7 Å². The van der Waals surface area contributed by atoms with E-state index in [-0.39, 0.29) is 37.2 Å². The molecule has 0 bridgehead atoms. The first-order valence-electron chi connectivity index (χ1n) is 9.21. The first-order valence-corrected chi connectivity index (χ1v) is 9.21. The van der Waals surface area contributed by atoms with Gasteiger partial charge in [-0.1, -0.05) is 12.1 Å². The molecular formula is C20H22F3N3O3. The van der Waals surface area contributed by atoms with Crippen LogP contribution in [0.3, 0.4) is 0 Å². The van der Waals surface area contributed by atoms with Crippen molar-refractivity contribution in [1.82, 2.24) is 9.88 Å². The van der Waals surface area contributed by atoms with Gasteiger partial charge in [0, 0.05) is 43.4 Å². The molecule has 2 heterocycles. The van der Waals surface area contributed by atoms with E-state index in [0.29, 0.717) is 11.3 Å². The second-order valence-corrected chi connectivity index (χ2v) is 7.01. The van der Waals surface area contributed by atoms with Crippen LogP contribution in [0.5, 0.6) is 0 Å². The summed E-state index contributed by atoms with van der Waals surface area (Å²) in [5, 5.41) is 21.1. The molecule has 156 valence electrons. The van der Waals surface area contributed by atoms with Crippen molar-refractivity contribution < 1.29 is 28.2 Å². The number of halogens is 3. The number of nitrogens with one attached hydrogen (secondary N) is 1. The highest BCUT2D eigenvalue weighted by molar-refractivity contribution is 5.89. The van der Waals surface area contributed by atoms with Crippen LogP contribution >= 0.6 is 0 Å². The number of aliphatic hydroxyl groups excluding tert-OH is 2. The Balaban J connectivity index is 1.63. The fraction of sp³-hybridized carbons (Fsp3) is 0.400. The molecule has 1 saturated heterocycles. The number of piperidine rings is 1. The van der Waals surface area contributed by atoms with Gasteiger partial charge in [-0.05, 0) is 23.8 Å². The van der Waals surface area contributed by atoms with Crippen LogP contribution in [0.15, 0.2) is 36.5 Å². The Kier molecular flexibility index (Phi) is 6.39. The van der Waals surface area contributed by atoms with Crippen LogP contribution in [-0.2, 0) is 12.3 Å². The molecule has 0 unspecified atom stereocenters. The summed E-state index contributed by atoms with van der Waals surface area (Å²) in [6.45, 7) is -1.06. The molecule has 1 aromatic heterocycles. The number of likely N-dealkylation sites (tertiary alicyclic amines) is 1. The van der Waals surface area contributed by atoms with E-state index < -0.39 is 36.9 Å². The third-order valence-corrected chi connectivity index (χ3v) is 5.05. The number of benzene rings is 1. The van der Waals surface area contributed by atoms with Gasteiger partial charge in [0.05, 0.1) is 6.61 Å². The molecule has 29 heavy (non-hydrogen) atoms. The second-order valence-electron chi connectivity index (χ2n) is 7.01. The Hall–Kier alpha value is -2.65. The molecular weight excluding hydrogens is 387 g/mol. The Morgan fingerprint density at radius 1 is 1.28 bits per heavy atom. The number of carbonyl (C=O) groups excluding carboxylic acids is 1. The van der Waals surface area contributed by atoms with Crippen molar-refractivity contribution in [3.05, 3.63) is 59.2 Å². The number of rotatable bonds is 5. The van der Waals surface area contributed by atoms with E-state index in [1.54, 1.807) is 24.3 Å². The highest BCUT2D eigenvalue weighted by atomic mass is 19.1. The molecule has 0 radical (unpaired) electrons. The monoisotopic (exact) mass is 409 g/mol. The van der Waals surface area contributed by atoms with Crippen molar-refractivity contribution in [2.75, 3.05) is 25.0 Å². The minimum atomic E-state index is -2.04. The van der Waals surface area contributed by atoms with Crippen molar-refractivity contribution in [2.45, 2.75) is 31.3 Å². The first kappa shape index (κ1) is 21.1. The van der Waals surface area contributed by atoms with E-state index in [4.69, 9.17) is 5.11 Å². The van der Waals surface area contributed by atoms with Crippen molar-refractivity contribution in [3.8, 4) is 0 Å². The Morgan fingerprint density at radius 2 is 1.93 bits per heavy atom. The van der Waals surface area contributed by atoms with Crippen LogP contribution < -0.4 is 5.32 Å².